The zero-order chi connectivity index (χ0) is 7.28. The summed E-state index contributed by atoms with van der Waals surface area (Å²) in [5, 5.41) is 0. The van der Waals surface area contributed by atoms with E-state index in [4.69, 9.17) is 12.2 Å². The van der Waals surface area contributed by atoms with Crippen LogP contribution >= 0.6 is 0 Å². The van der Waals surface area contributed by atoms with Gasteiger partial charge < -0.3 is 5.73 Å². The highest BCUT2D eigenvalue weighted by Crippen LogP contribution is 1.91. The predicted octanol–water partition coefficient (Wildman–Crippen LogP) is 1.19. The SMILES string of the molecule is C#CC(C)=CC(N)=C=C. The second-order valence-electron chi connectivity index (χ2n) is 1.60. The molecule has 0 rings (SSSR count). The smallest absolute Gasteiger partial charge is 0.0750 e. The van der Waals surface area contributed by atoms with Crippen molar-refractivity contribution >= 4 is 0 Å². The molecule has 0 aliphatic rings. The molecule has 0 unspecified atom stereocenters. The predicted molar refractivity (Wildman–Crippen MR) is 39.4 cm³/mol. The monoisotopic (exact) mass is 119 g/mol. The van der Waals surface area contributed by atoms with Crippen LogP contribution in [0.15, 0.2) is 29.7 Å². The summed E-state index contributed by atoms with van der Waals surface area (Å²) in [4.78, 5) is 0. The summed E-state index contributed by atoms with van der Waals surface area (Å²) in [6, 6.07) is 0. The molecule has 0 aliphatic carbocycles. The van der Waals surface area contributed by atoms with Gasteiger partial charge in [0, 0.05) is 5.57 Å². The minimum Gasteiger partial charge on any atom is -0.392 e. The number of hydrogen-bond donors (Lipinski definition) is 1. The van der Waals surface area contributed by atoms with E-state index in [2.05, 4.69) is 18.2 Å². The van der Waals surface area contributed by atoms with E-state index in [1.807, 2.05) is 0 Å². The highest BCUT2D eigenvalue weighted by atomic mass is 14.5. The molecular weight excluding hydrogens is 110 g/mol. The van der Waals surface area contributed by atoms with Crippen molar-refractivity contribution in [1.82, 2.24) is 0 Å². The van der Waals surface area contributed by atoms with Crippen LogP contribution in [0.25, 0.3) is 0 Å². The number of rotatable bonds is 1. The van der Waals surface area contributed by atoms with Gasteiger partial charge in [-0.2, -0.15) is 0 Å². The lowest BCUT2D eigenvalue weighted by atomic mass is 10.3. The van der Waals surface area contributed by atoms with Crippen molar-refractivity contribution in [2.45, 2.75) is 6.92 Å². The molecule has 0 aromatic carbocycles. The van der Waals surface area contributed by atoms with Crippen LogP contribution in [0.5, 0.6) is 0 Å². The Morgan fingerprint density at radius 1 is 1.78 bits per heavy atom. The van der Waals surface area contributed by atoms with Crippen molar-refractivity contribution in [3.63, 3.8) is 0 Å². The fourth-order valence-electron chi connectivity index (χ4n) is 0.326. The third-order valence-corrected chi connectivity index (χ3v) is 0.804. The van der Waals surface area contributed by atoms with E-state index in [0.29, 0.717) is 5.70 Å². The van der Waals surface area contributed by atoms with Crippen molar-refractivity contribution in [3.05, 3.63) is 29.7 Å². The minimum atomic E-state index is 0.477. The molecule has 9 heavy (non-hydrogen) atoms. The van der Waals surface area contributed by atoms with Crippen LogP contribution in [0.2, 0.25) is 0 Å². The summed E-state index contributed by atoms with van der Waals surface area (Å²) in [7, 11) is 0. The van der Waals surface area contributed by atoms with E-state index in [0.717, 1.165) is 5.57 Å². The fraction of sp³-hybridized carbons (Fsp3) is 0.125. The minimum absolute atomic E-state index is 0.477. The first kappa shape index (κ1) is 7.62. The molecule has 0 fully saturated rings. The van der Waals surface area contributed by atoms with Gasteiger partial charge in [-0.1, -0.05) is 12.5 Å². The van der Waals surface area contributed by atoms with Crippen LogP contribution < -0.4 is 5.73 Å². The topological polar surface area (TPSA) is 26.0 Å². The lowest BCUT2D eigenvalue weighted by Gasteiger charge is -1.85. The largest absolute Gasteiger partial charge is 0.392 e. The van der Waals surface area contributed by atoms with Crippen LogP contribution in [-0.4, -0.2) is 0 Å². The highest BCUT2D eigenvalue weighted by molar-refractivity contribution is 5.30. The average molecular weight is 119 g/mol. The Hall–Kier alpha value is -1.38. The van der Waals surface area contributed by atoms with Crippen LogP contribution in [0.4, 0.5) is 0 Å². The van der Waals surface area contributed by atoms with Gasteiger partial charge in [-0.25, -0.2) is 0 Å². The van der Waals surface area contributed by atoms with Gasteiger partial charge in [-0.15, -0.1) is 12.2 Å². The molecule has 0 saturated carbocycles. The summed E-state index contributed by atoms with van der Waals surface area (Å²) in [6.07, 6.45) is 6.69. The molecule has 0 aliphatic heterocycles. The third kappa shape index (κ3) is 3.22. The Morgan fingerprint density at radius 3 is 2.67 bits per heavy atom. The normalized spacial score (nSPS) is 9.56. The first-order valence-electron chi connectivity index (χ1n) is 2.51. The summed E-state index contributed by atoms with van der Waals surface area (Å²) in [5.74, 6) is 2.42. The van der Waals surface area contributed by atoms with Crippen molar-refractivity contribution in [1.29, 1.82) is 0 Å². The van der Waals surface area contributed by atoms with Crippen molar-refractivity contribution in [3.8, 4) is 12.3 Å². The van der Waals surface area contributed by atoms with E-state index in [9.17, 15) is 0 Å². The van der Waals surface area contributed by atoms with Crippen LogP contribution in [0.1, 0.15) is 6.92 Å². The van der Waals surface area contributed by atoms with E-state index in [1.165, 1.54) is 0 Å². The molecule has 0 atom stereocenters. The maximum atomic E-state index is 5.32. The van der Waals surface area contributed by atoms with Gasteiger partial charge in [0.1, 0.15) is 0 Å². The summed E-state index contributed by atoms with van der Waals surface area (Å²) in [5.41, 5.74) is 9.08. The Balaban J connectivity index is 4.35. The third-order valence-electron chi connectivity index (χ3n) is 0.804. The van der Waals surface area contributed by atoms with E-state index in [-0.39, 0.29) is 0 Å². The molecule has 0 saturated heterocycles. The number of hydrogen-bond acceptors (Lipinski definition) is 1. The zero-order valence-corrected chi connectivity index (χ0v) is 5.44. The lowest BCUT2D eigenvalue weighted by molar-refractivity contribution is 1.40. The zero-order valence-electron chi connectivity index (χ0n) is 5.44. The molecule has 0 aromatic rings. The Bertz CT molecular complexity index is 209. The quantitative estimate of drug-likeness (QED) is 0.313. The van der Waals surface area contributed by atoms with Crippen LogP contribution in [0.3, 0.4) is 0 Å². The van der Waals surface area contributed by atoms with E-state index in [1.54, 1.807) is 13.0 Å². The maximum Gasteiger partial charge on any atom is 0.0750 e. The van der Waals surface area contributed by atoms with Crippen LogP contribution in [0, 0.1) is 12.3 Å². The molecule has 1 heteroatoms. The Kier molecular flexibility index (Phi) is 3.05. The standard InChI is InChI=1S/C8H9N/c1-4-7(3)6-8(9)5-2/h1,6H,2,9H2,3H3. The number of nitrogens with two attached hydrogens (primary N) is 1. The molecule has 0 radical (unpaired) electrons. The molecule has 0 amide bonds. The van der Waals surface area contributed by atoms with Crippen LogP contribution in [-0.2, 0) is 0 Å². The number of allylic oxidation sites excluding steroid dienone is 2. The van der Waals surface area contributed by atoms with Crippen molar-refractivity contribution in [2.24, 2.45) is 5.73 Å². The Morgan fingerprint density at radius 2 is 2.33 bits per heavy atom. The van der Waals surface area contributed by atoms with Crippen molar-refractivity contribution < 1.29 is 0 Å². The van der Waals surface area contributed by atoms with Gasteiger partial charge in [0.25, 0.3) is 0 Å². The fourth-order valence-corrected chi connectivity index (χ4v) is 0.326. The summed E-state index contributed by atoms with van der Waals surface area (Å²) in [6.45, 7) is 5.14. The molecule has 0 heterocycles. The van der Waals surface area contributed by atoms with Gasteiger partial charge in [0.15, 0.2) is 0 Å². The van der Waals surface area contributed by atoms with Crippen molar-refractivity contribution in [2.75, 3.05) is 0 Å². The molecule has 0 spiro atoms. The lowest BCUT2D eigenvalue weighted by Crippen LogP contribution is -1.90. The van der Waals surface area contributed by atoms with Gasteiger partial charge in [0.05, 0.1) is 5.70 Å². The summed E-state index contributed by atoms with van der Waals surface area (Å²) < 4.78 is 0. The van der Waals surface area contributed by atoms with E-state index >= 15 is 0 Å². The molecule has 46 valence electrons. The molecule has 1 nitrogen and oxygen atoms in total. The van der Waals surface area contributed by atoms with Gasteiger partial charge in [0.2, 0.25) is 0 Å². The molecule has 0 bridgehead atoms. The van der Waals surface area contributed by atoms with Gasteiger partial charge in [-0.3, -0.25) is 0 Å². The second-order valence-corrected chi connectivity index (χ2v) is 1.60. The second kappa shape index (κ2) is 3.60. The summed E-state index contributed by atoms with van der Waals surface area (Å²) >= 11 is 0. The number of terminal acetylenes is 1. The maximum absolute atomic E-state index is 5.32. The highest BCUT2D eigenvalue weighted by Gasteiger charge is 1.80. The van der Waals surface area contributed by atoms with Gasteiger partial charge in [-0.05, 0) is 13.0 Å². The van der Waals surface area contributed by atoms with E-state index < -0.39 is 0 Å². The molecule has 0 aromatic heterocycles. The molecular formula is C8H9N. The molecule has 2 N–H and O–H groups in total. The first-order valence-corrected chi connectivity index (χ1v) is 2.51. The average Bonchev–Trinajstić information content (AvgIpc) is 1.87. The van der Waals surface area contributed by atoms with Gasteiger partial charge >= 0.3 is 0 Å². The first-order chi connectivity index (χ1) is 4.20. The Labute approximate surface area is 55.6 Å².